The van der Waals surface area contributed by atoms with Gasteiger partial charge >= 0.3 is 5.69 Å². The van der Waals surface area contributed by atoms with Crippen molar-refractivity contribution in [3.8, 4) is 0 Å². The minimum atomic E-state index is -0.428. The summed E-state index contributed by atoms with van der Waals surface area (Å²) in [4.78, 5) is 22.7. The molecule has 1 amide bonds. The molecule has 0 fully saturated rings. The van der Waals surface area contributed by atoms with Crippen molar-refractivity contribution in [2.45, 2.75) is 0 Å². The minimum Gasteiger partial charge on any atom is -0.383 e. The fourth-order valence-electron chi connectivity index (χ4n) is 1.42. The number of anilines is 1. The van der Waals surface area contributed by atoms with Crippen LogP contribution in [0.15, 0.2) is 16.9 Å². The average Bonchev–Trinajstić information content (AvgIpc) is 2.78. The highest BCUT2D eigenvalue weighted by atomic mass is 16.5. The molecule has 2 heterocycles. The Hall–Kier alpha value is -2.42. The van der Waals surface area contributed by atoms with Crippen LogP contribution in [-0.2, 0) is 9.53 Å². The van der Waals surface area contributed by atoms with E-state index >= 15 is 0 Å². The maximum atomic E-state index is 11.4. The molecule has 0 radical (unpaired) electrons. The highest BCUT2D eigenvalue weighted by Crippen LogP contribution is 2.01. The van der Waals surface area contributed by atoms with Crippen molar-refractivity contribution in [1.29, 1.82) is 0 Å². The summed E-state index contributed by atoms with van der Waals surface area (Å²) in [5.41, 5.74) is -0.0108. The summed E-state index contributed by atoms with van der Waals surface area (Å²) in [6.07, 6.45) is 0. The normalized spacial score (nSPS) is 10.6. The number of fused-ring (bicyclic) bond motifs is 1. The SMILES string of the molecule is COCCNC(=O)CNc1ccc2n[nH]c(=O)n2n1. The van der Waals surface area contributed by atoms with E-state index in [-0.39, 0.29) is 12.5 Å². The van der Waals surface area contributed by atoms with Gasteiger partial charge in [0.1, 0.15) is 5.82 Å². The molecule has 9 nitrogen and oxygen atoms in total. The number of ether oxygens (including phenoxy) is 1. The number of aromatic nitrogens is 4. The topological polar surface area (TPSA) is 113 Å². The Morgan fingerprint density at radius 1 is 1.53 bits per heavy atom. The van der Waals surface area contributed by atoms with Gasteiger partial charge in [-0.25, -0.2) is 9.89 Å². The van der Waals surface area contributed by atoms with Gasteiger partial charge in [-0.1, -0.05) is 0 Å². The van der Waals surface area contributed by atoms with E-state index in [2.05, 4.69) is 25.9 Å². The lowest BCUT2D eigenvalue weighted by molar-refractivity contribution is -0.119. The summed E-state index contributed by atoms with van der Waals surface area (Å²) in [5, 5.41) is 15.5. The van der Waals surface area contributed by atoms with Gasteiger partial charge in [0.25, 0.3) is 0 Å². The smallest absolute Gasteiger partial charge is 0.364 e. The van der Waals surface area contributed by atoms with Gasteiger partial charge in [0.2, 0.25) is 5.91 Å². The summed E-state index contributed by atoms with van der Waals surface area (Å²) >= 11 is 0. The maximum Gasteiger partial charge on any atom is 0.364 e. The molecule has 0 aliphatic rings. The maximum absolute atomic E-state index is 11.4. The number of nitrogens with one attached hydrogen (secondary N) is 3. The molecule has 0 aliphatic carbocycles. The first-order chi connectivity index (χ1) is 9.20. The molecule has 3 N–H and O–H groups in total. The fraction of sp³-hybridized carbons (Fsp3) is 0.400. The van der Waals surface area contributed by atoms with E-state index in [1.807, 2.05) is 0 Å². The zero-order chi connectivity index (χ0) is 13.7. The Morgan fingerprint density at radius 3 is 3.16 bits per heavy atom. The zero-order valence-electron chi connectivity index (χ0n) is 10.3. The van der Waals surface area contributed by atoms with Crippen LogP contribution in [0.2, 0.25) is 0 Å². The molecule has 0 aliphatic heterocycles. The van der Waals surface area contributed by atoms with E-state index in [0.717, 1.165) is 4.52 Å². The molecule has 9 heteroatoms. The number of hydrogen-bond donors (Lipinski definition) is 3. The van der Waals surface area contributed by atoms with Crippen LogP contribution in [0.3, 0.4) is 0 Å². The molecular formula is C10H14N6O3. The average molecular weight is 266 g/mol. The van der Waals surface area contributed by atoms with Crippen LogP contribution in [0.4, 0.5) is 5.82 Å². The van der Waals surface area contributed by atoms with Crippen LogP contribution in [0.1, 0.15) is 0 Å². The third-order valence-electron chi connectivity index (χ3n) is 2.33. The number of H-pyrrole nitrogens is 1. The van der Waals surface area contributed by atoms with Crippen molar-refractivity contribution < 1.29 is 9.53 Å². The second-order valence-corrected chi connectivity index (χ2v) is 3.71. The van der Waals surface area contributed by atoms with E-state index in [1.165, 1.54) is 0 Å². The van der Waals surface area contributed by atoms with E-state index in [9.17, 15) is 9.59 Å². The van der Waals surface area contributed by atoms with Crippen LogP contribution in [-0.4, -0.2) is 52.5 Å². The lowest BCUT2D eigenvalue weighted by Crippen LogP contribution is -2.32. The van der Waals surface area contributed by atoms with Crippen LogP contribution in [0.5, 0.6) is 0 Å². The molecule has 2 rings (SSSR count). The standard InChI is InChI=1S/C10H14N6O3/c1-19-5-4-11-9(17)6-12-7-2-3-8-13-14-10(18)16(8)15-7/h2-3H,4-6H2,1H3,(H,11,17)(H,12,15)(H,14,18). The van der Waals surface area contributed by atoms with Gasteiger partial charge in [0.05, 0.1) is 13.2 Å². The van der Waals surface area contributed by atoms with Gasteiger partial charge in [-0.2, -0.15) is 9.61 Å². The summed E-state index contributed by atoms with van der Waals surface area (Å²) in [5.74, 6) is 0.233. The number of aromatic amines is 1. The highest BCUT2D eigenvalue weighted by Gasteiger charge is 2.04. The fourth-order valence-corrected chi connectivity index (χ4v) is 1.42. The monoisotopic (exact) mass is 266 g/mol. The number of amides is 1. The Bertz CT molecular complexity index is 619. The molecule has 0 atom stereocenters. The molecule has 0 unspecified atom stereocenters. The zero-order valence-corrected chi connectivity index (χ0v) is 10.3. The molecule has 0 spiro atoms. The van der Waals surface area contributed by atoms with Gasteiger partial charge < -0.3 is 15.4 Å². The first-order valence-electron chi connectivity index (χ1n) is 5.64. The molecule has 0 bridgehead atoms. The Kier molecular flexibility index (Phi) is 4.08. The summed E-state index contributed by atoms with van der Waals surface area (Å²) in [6, 6.07) is 3.26. The summed E-state index contributed by atoms with van der Waals surface area (Å²) in [7, 11) is 1.56. The first kappa shape index (κ1) is 13.0. The van der Waals surface area contributed by atoms with Crippen LogP contribution in [0, 0.1) is 0 Å². The van der Waals surface area contributed by atoms with Crippen molar-refractivity contribution in [1.82, 2.24) is 25.1 Å². The first-order valence-corrected chi connectivity index (χ1v) is 5.64. The number of methoxy groups -OCH3 is 1. The van der Waals surface area contributed by atoms with E-state index in [1.54, 1.807) is 19.2 Å². The van der Waals surface area contributed by atoms with Gasteiger partial charge in [0.15, 0.2) is 5.65 Å². The molecule has 0 aromatic carbocycles. The van der Waals surface area contributed by atoms with Gasteiger partial charge in [-0.05, 0) is 12.1 Å². The Labute approximate surface area is 108 Å². The molecule has 0 saturated carbocycles. The number of carbonyl (C=O) groups is 1. The van der Waals surface area contributed by atoms with Crippen LogP contribution in [0.25, 0.3) is 5.65 Å². The van der Waals surface area contributed by atoms with E-state index in [0.29, 0.717) is 24.6 Å². The Balaban J connectivity index is 1.92. The predicted octanol–water partition coefficient (Wildman–Crippen LogP) is -1.41. The van der Waals surface area contributed by atoms with Crippen molar-refractivity contribution in [2.24, 2.45) is 0 Å². The lowest BCUT2D eigenvalue weighted by atomic mass is 10.5. The highest BCUT2D eigenvalue weighted by molar-refractivity contribution is 5.80. The summed E-state index contributed by atoms with van der Waals surface area (Å²) in [6.45, 7) is 0.972. The van der Waals surface area contributed by atoms with Crippen molar-refractivity contribution in [3.05, 3.63) is 22.6 Å². The molecule has 0 saturated heterocycles. The van der Waals surface area contributed by atoms with Gasteiger partial charge in [-0.3, -0.25) is 4.79 Å². The van der Waals surface area contributed by atoms with E-state index in [4.69, 9.17) is 4.74 Å². The number of nitrogens with zero attached hydrogens (tertiary/aromatic N) is 3. The lowest BCUT2D eigenvalue weighted by Gasteiger charge is -2.06. The second-order valence-electron chi connectivity index (χ2n) is 3.71. The second kappa shape index (κ2) is 5.96. The van der Waals surface area contributed by atoms with Crippen LogP contribution < -0.4 is 16.3 Å². The number of rotatable bonds is 6. The molecule has 102 valence electrons. The van der Waals surface area contributed by atoms with Gasteiger partial charge in [-0.15, -0.1) is 5.10 Å². The molecule has 2 aromatic rings. The van der Waals surface area contributed by atoms with Crippen molar-refractivity contribution in [3.63, 3.8) is 0 Å². The van der Waals surface area contributed by atoms with Crippen molar-refractivity contribution in [2.75, 3.05) is 32.1 Å². The quantitative estimate of drug-likeness (QED) is 0.554. The Morgan fingerprint density at radius 2 is 2.37 bits per heavy atom. The largest absolute Gasteiger partial charge is 0.383 e. The summed E-state index contributed by atoms with van der Waals surface area (Å²) < 4.78 is 5.93. The third-order valence-corrected chi connectivity index (χ3v) is 2.33. The molecular weight excluding hydrogens is 252 g/mol. The minimum absolute atomic E-state index is 0.0643. The van der Waals surface area contributed by atoms with E-state index < -0.39 is 5.69 Å². The number of carbonyl (C=O) groups excluding carboxylic acids is 1. The van der Waals surface area contributed by atoms with Gasteiger partial charge in [0, 0.05) is 13.7 Å². The van der Waals surface area contributed by atoms with Crippen molar-refractivity contribution >= 4 is 17.4 Å². The predicted molar refractivity (Wildman–Crippen MR) is 67.0 cm³/mol. The third kappa shape index (κ3) is 3.28. The molecule has 2 aromatic heterocycles. The number of hydrogen-bond acceptors (Lipinski definition) is 6. The van der Waals surface area contributed by atoms with Crippen LogP contribution >= 0.6 is 0 Å². The molecule has 19 heavy (non-hydrogen) atoms.